The molecule has 0 aliphatic heterocycles. The Morgan fingerprint density at radius 2 is 1.87 bits per heavy atom. The highest BCUT2D eigenvalue weighted by atomic mass is 79.9. The lowest BCUT2D eigenvalue weighted by molar-refractivity contribution is -0.143. The molecule has 7 heteroatoms. The van der Waals surface area contributed by atoms with Crippen molar-refractivity contribution in [1.82, 2.24) is 10.2 Å². The van der Waals surface area contributed by atoms with Crippen LogP contribution >= 0.6 is 27.5 Å². The zero-order chi connectivity index (χ0) is 22.1. The zero-order valence-corrected chi connectivity index (χ0v) is 19.9. The summed E-state index contributed by atoms with van der Waals surface area (Å²) in [5.41, 5.74) is 0.952. The fourth-order valence-corrected chi connectivity index (χ4v) is 3.73. The van der Waals surface area contributed by atoms with Crippen LogP contribution in [-0.4, -0.2) is 35.9 Å². The molecule has 162 valence electrons. The fourth-order valence-electron chi connectivity index (χ4n) is 2.94. The van der Waals surface area contributed by atoms with Crippen molar-refractivity contribution in [1.29, 1.82) is 0 Å². The number of benzene rings is 2. The highest BCUT2D eigenvalue weighted by Crippen LogP contribution is 2.28. The molecule has 1 N–H and O–H groups in total. The number of hydrogen-bond donors (Lipinski definition) is 1. The van der Waals surface area contributed by atoms with Gasteiger partial charge in [-0.2, -0.15) is 0 Å². The maximum absolute atomic E-state index is 13.1. The largest absolute Gasteiger partial charge is 0.483 e. The summed E-state index contributed by atoms with van der Waals surface area (Å²) in [5.74, 6) is 0.440. The minimum Gasteiger partial charge on any atom is -0.483 e. The summed E-state index contributed by atoms with van der Waals surface area (Å²) in [4.78, 5) is 27.5. The van der Waals surface area contributed by atoms with Crippen LogP contribution in [0.1, 0.15) is 32.8 Å². The maximum atomic E-state index is 13.1. The summed E-state index contributed by atoms with van der Waals surface area (Å²) >= 11 is 9.35. The van der Waals surface area contributed by atoms with Gasteiger partial charge in [-0.15, -0.1) is 0 Å². The molecular weight excluding hydrogens is 468 g/mol. The quantitative estimate of drug-likeness (QED) is 0.501. The lowest BCUT2D eigenvalue weighted by atomic mass is 10.1. The Labute approximate surface area is 191 Å². The van der Waals surface area contributed by atoms with E-state index in [1.54, 1.807) is 23.1 Å². The molecular formula is C23H28BrClN2O3. The van der Waals surface area contributed by atoms with Crippen LogP contribution in [-0.2, 0) is 16.1 Å². The van der Waals surface area contributed by atoms with Gasteiger partial charge in [0.1, 0.15) is 11.8 Å². The van der Waals surface area contributed by atoms with E-state index in [1.165, 1.54) is 0 Å². The standard InChI is InChI=1S/C23H28BrClN2O3/c1-4-20(23(29)26-13-16(2)3)27(14-17-8-6-5-7-9-17)22(28)15-30-21-11-10-18(25)12-19(21)24/h5-12,16,20H,4,13-15H2,1-3H3,(H,26,29)/t20-/m0/s1. The van der Waals surface area contributed by atoms with E-state index in [-0.39, 0.29) is 18.4 Å². The molecule has 0 unspecified atom stereocenters. The molecule has 2 aromatic carbocycles. The monoisotopic (exact) mass is 494 g/mol. The number of halogens is 2. The van der Waals surface area contributed by atoms with Gasteiger partial charge in [-0.1, -0.05) is 62.7 Å². The van der Waals surface area contributed by atoms with Crippen molar-refractivity contribution in [2.24, 2.45) is 5.92 Å². The molecule has 0 aromatic heterocycles. The normalized spacial score (nSPS) is 11.8. The van der Waals surface area contributed by atoms with Gasteiger partial charge in [-0.3, -0.25) is 9.59 Å². The number of rotatable bonds is 10. The van der Waals surface area contributed by atoms with Crippen LogP contribution in [0.2, 0.25) is 5.02 Å². The maximum Gasteiger partial charge on any atom is 0.261 e. The Hall–Kier alpha value is -2.05. The first-order valence-electron chi connectivity index (χ1n) is 10.0. The van der Waals surface area contributed by atoms with Crippen LogP contribution in [0.5, 0.6) is 5.75 Å². The lowest BCUT2D eigenvalue weighted by Crippen LogP contribution is -2.50. The predicted octanol–water partition coefficient (Wildman–Crippen LogP) is 5.06. The summed E-state index contributed by atoms with van der Waals surface area (Å²) in [6.45, 7) is 6.69. The van der Waals surface area contributed by atoms with Crippen LogP contribution in [0.4, 0.5) is 0 Å². The Morgan fingerprint density at radius 1 is 1.17 bits per heavy atom. The first-order chi connectivity index (χ1) is 14.3. The van der Waals surface area contributed by atoms with E-state index in [1.807, 2.05) is 51.1 Å². The lowest BCUT2D eigenvalue weighted by Gasteiger charge is -2.31. The molecule has 0 bridgehead atoms. The molecule has 5 nitrogen and oxygen atoms in total. The molecule has 0 radical (unpaired) electrons. The van der Waals surface area contributed by atoms with Crippen LogP contribution < -0.4 is 10.1 Å². The van der Waals surface area contributed by atoms with Crippen LogP contribution in [0.15, 0.2) is 53.0 Å². The van der Waals surface area contributed by atoms with Crippen LogP contribution in [0, 0.1) is 5.92 Å². The average Bonchev–Trinajstić information content (AvgIpc) is 2.72. The van der Waals surface area contributed by atoms with Gasteiger partial charge in [0.15, 0.2) is 6.61 Å². The Kier molecular flexibility index (Phi) is 9.66. The van der Waals surface area contributed by atoms with Crippen LogP contribution in [0.25, 0.3) is 0 Å². The molecule has 1 atom stereocenters. The van der Waals surface area contributed by atoms with Crippen molar-refractivity contribution in [3.63, 3.8) is 0 Å². The van der Waals surface area contributed by atoms with Gasteiger partial charge in [0.2, 0.25) is 5.91 Å². The van der Waals surface area contributed by atoms with E-state index in [9.17, 15) is 9.59 Å². The molecule has 0 saturated carbocycles. The molecule has 0 fully saturated rings. The van der Waals surface area contributed by atoms with E-state index < -0.39 is 6.04 Å². The van der Waals surface area contributed by atoms with Crippen LogP contribution in [0.3, 0.4) is 0 Å². The summed E-state index contributed by atoms with van der Waals surface area (Å²) in [5, 5.41) is 3.52. The average molecular weight is 496 g/mol. The number of carbonyl (C=O) groups excluding carboxylic acids is 2. The molecule has 0 aliphatic rings. The van der Waals surface area contributed by atoms with Crippen molar-refractivity contribution in [3.8, 4) is 5.75 Å². The van der Waals surface area contributed by atoms with E-state index in [0.29, 0.717) is 40.7 Å². The molecule has 0 spiro atoms. The van der Waals surface area contributed by atoms with Crippen molar-refractivity contribution in [2.45, 2.75) is 39.8 Å². The smallest absolute Gasteiger partial charge is 0.261 e. The Bertz CT molecular complexity index is 846. The summed E-state index contributed by atoms with van der Waals surface area (Å²) in [7, 11) is 0. The number of carbonyl (C=O) groups is 2. The number of ether oxygens (including phenoxy) is 1. The Morgan fingerprint density at radius 3 is 2.47 bits per heavy atom. The third-order valence-electron chi connectivity index (χ3n) is 4.51. The van der Waals surface area contributed by atoms with Crippen molar-refractivity contribution >= 4 is 39.3 Å². The van der Waals surface area contributed by atoms with Gasteiger partial charge in [0, 0.05) is 18.1 Å². The zero-order valence-electron chi connectivity index (χ0n) is 17.5. The molecule has 2 aromatic rings. The van der Waals surface area contributed by atoms with Gasteiger partial charge in [0.25, 0.3) is 5.91 Å². The predicted molar refractivity (Wildman–Crippen MR) is 124 cm³/mol. The van der Waals surface area contributed by atoms with E-state index in [2.05, 4.69) is 21.2 Å². The fraction of sp³-hybridized carbons (Fsp3) is 0.391. The Balaban J connectivity index is 2.18. The van der Waals surface area contributed by atoms with E-state index in [4.69, 9.17) is 16.3 Å². The topological polar surface area (TPSA) is 58.6 Å². The second kappa shape index (κ2) is 12.0. The first-order valence-corrected chi connectivity index (χ1v) is 11.2. The number of hydrogen-bond acceptors (Lipinski definition) is 3. The third-order valence-corrected chi connectivity index (χ3v) is 5.37. The van der Waals surface area contributed by atoms with Gasteiger partial charge >= 0.3 is 0 Å². The molecule has 0 aliphatic carbocycles. The van der Waals surface area contributed by atoms with Crippen molar-refractivity contribution in [3.05, 3.63) is 63.6 Å². The highest BCUT2D eigenvalue weighted by Gasteiger charge is 2.29. The summed E-state index contributed by atoms with van der Waals surface area (Å²) < 4.78 is 6.38. The van der Waals surface area contributed by atoms with Gasteiger partial charge in [-0.05, 0) is 52.0 Å². The van der Waals surface area contributed by atoms with Gasteiger partial charge in [-0.25, -0.2) is 0 Å². The second-order valence-electron chi connectivity index (χ2n) is 7.43. The molecule has 0 saturated heterocycles. The van der Waals surface area contributed by atoms with E-state index >= 15 is 0 Å². The SMILES string of the molecule is CC[C@@H](C(=O)NCC(C)C)N(Cc1ccccc1)C(=O)COc1ccc(Cl)cc1Br. The summed E-state index contributed by atoms with van der Waals surface area (Å²) in [6.07, 6.45) is 0.507. The van der Waals surface area contributed by atoms with Crippen molar-refractivity contribution in [2.75, 3.05) is 13.2 Å². The molecule has 30 heavy (non-hydrogen) atoms. The molecule has 0 heterocycles. The highest BCUT2D eigenvalue weighted by molar-refractivity contribution is 9.10. The van der Waals surface area contributed by atoms with E-state index in [0.717, 1.165) is 5.56 Å². The van der Waals surface area contributed by atoms with Crippen molar-refractivity contribution < 1.29 is 14.3 Å². The molecule has 2 amide bonds. The van der Waals surface area contributed by atoms with Gasteiger partial charge in [0.05, 0.1) is 4.47 Å². The number of amides is 2. The first kappa shape index (κ1) is 24.2. The summed E-state index contributed by atoms with van der Waals surface area (Å²) in [6, 6.07) is 14.2. The minimum atomic E-state index is -0.575. The number of nitrogens with zero attached hydrogens (tertiary/aromatic N) is 1. The number of nitrogens with one attached hydrogen (secondary N) is 1. The van der Waals surface area contributed by atoms with Gasteiger partial charge < -0.3 is 15.0 Å². The second-order valence-corrected chi connectivity index (χ2v) is 8.72. The third kappa shape index (κ3) is 7.33. The molecule has 2 rings (SSSR count). The minimum absolute atomic E-state index is 0.150.